The van der Waals surface area contributed by atoms with Crippen LogP contribution in [0.1, 0.15) is 37.7 Å². The van der Waals surface area contributed by atoms with Gasteiger partial charge in [-0.3, -0.25) is 4.79 Å². The van der Waals surface area contributed by atoms with Gasteiger partial charge in [0, 0.05) is 11.1 Å². The Morgan fingerprint density at radius 1 is 1.11 bits per heavy atom. The van der Waals surface area contributed by atoms with Gasteiger partial charge >= 0.3 is 0 Å². The van der Waals surface area contributed by atoms with Crippen molar-refractivity contribution < 1.29 is 4.84 Å². The van der Waals surface area contributed by atoms with Gasteiger partial charge in [0.15, 0.2) is 0 Å². The van der Waals surface area contributed by atoms with Gasteiger partial charge in [0.2, 0.25) is 5.95 Å². The van der Waals surface area contributed by atoms with Crippen molar-refractivity contribution in [3.05, 3.63) is 69.5 Å². The van der Waals surface area contributed by atoms with Gasteiger partial charge in [-0.1, -0.05) is 61.2 Å². The van der Waals surface area contributed by atoms with Crippen LogP contribution in [0, 0.1) is 0 Å². The van der Waals surface area contributed by atoms with Crippen molar-refractivity contribution in [1.29, 1.82) is 0 Å². The first-order chi connectivity index (χ1) is 13.2. The lowest BCUT2D eigenvalue weighted by Gasteiger charge is -2.24. The zero-order valence-electron chi connectivity index (χ0n) is 15.0. The molecule has 0 atom stereocenters. The zero-order chi connectivity index (χ0) is 18.6. The monoisotopic (exact) mass is 383 g/mol. The van der Waals surface area contributed by atoms with E-state index in [4.69, 9.17) is 16.4 Å². The van der Waals surface area contributed by atoms with Gasteiger partial charge in [-0.25, -0.2) is 4.98 Å². The van der Waals surface area contributed by atoms with Crippen molar-refractivity contribution >= 4 is 28.5 Å². The van der Waals surface area contributed by atoms with Crippen LogP contribution in [-0.4, -0.2) is 15.8 Å². The van der Waals surface area contributed by atoms with Gasteiger partial charge in [-0.2, -0.15) is 0 Å². The van der Waals surface area contributed by atoms with E-state index in [9.17, 15) is 4.79 Å². The maximum absolute atomic E-state index is 13.1. The summed E-state index contributed by atoms with van der Waals surface area (Å²) in [6.45, 7) is 0.286. The highest BCUT2D eigenvalue weighted by Gasteiger charge is 2.18. The quantitative estimate of drug-likeness (QED) is 0.708. The highest BCUT2D eigenvalue weighted by Crippen LogP contribution is 2.22. The third-order valence-electron chi connectivity index (χ3n) is 4.93. The number of aromatic nitrogens is 2. The molecule has 5 nitrogen and oxygen atoms in total. The van der Waals surface area contributed by atoms with Crippen LogP contribution in [0.15, 0.2) is 53.3 Å². The lowest BCUT2D eigenvalue weighted by Crippen LogP contribution is -2.34. The van der Waals surface area contributed by atoms with Crippen molar-refractivity contribution in [3.63, 3.8) is 0 Å². The van der Waals surface area contributed by atoms with E-state index < -0.39 is 0 Å². The van der Waals surface area contributed by atoms with E-state index in [1.807, 2.05) is 30.3 Å². The topological polar surface area (TPSA) is 56.2 Å². The highest BCUT2D eigenvalue weighted by atomic mass is 35.5. The molecule has 0 bridgehead atoms. The number of hydrogen-bond acceptors (Lipinski definition) is 4. The van der Waals surface area contributed by atoms with Crippen molar-refractivity contribution in [2.45, 2.75) is 44.8 Å². The molecule has 1 fully saturated rings. The first-order valence-electron chi connectivity index (χ1n) is 9.37. The predicted octanol–water partition coefficient (Wildman–Crippen LogP) is 4.42. The van der Waals surface area contributed by atoms with Crippen LogP contribution in [-0.2, 0) is 6.61 Å². The minimum Gasteiger partial charge on any atom is -0.402 e. The second-order valence-electron chi connectivity index (χ2n) is 6.93. The Hall–Kier alpha value is -2.53. The van der Waals surface area contributed by atoms with Crippen molar-refractivity contribution in [2.75, 3.05) is 5.32 Å². The van der Waals surface area contributed by atoms with Crippen molar-refractivity contribution in [1.82, 2.24) is 9.71 Å². The average Bonchev–Trinajstić information content (AvgIpc) is 2.70. The molecule has 0 amide bonds. The van der Waals surface area contributed by atoms with Gasteiger partial charge in [-0.05, 0) is 36.6 Å². The molecule has 1 heterocycles. The normalized spacial score (nSPS) is 15.0. The Labute approximate surface area is 162 Å². The van der Waals surface area contributed by atoms with Gasteiger partial charge in [-0.15, -0.1) is 4.73 Å². The Morgan fingerprint density at radius 3 is 2.67 bits per heavy atom. The first kappa shape index (κ1) is 17.9. The molecule has 1 aromatic heterocycles. The lowest BCUT2D eigenvalue weighted by atomic mass is 9.96. The number of hydrogen-bond donors (Lipinski definition) is 1. The fraction of sp³-hybridized carbons (Fsp3) is 0.333. The van der Waals surface area contributed by atoms with Crippen molar-refractivity contribution in [2.24, 2.45) is 0 Å². The largest absolute Gasteiger partial charge is 0.402 e. The van der Waals surface area contributed by atoms with Gasteiger partial charge in [0.05, 0.1) is 10.9 Å². The van der Waals surface area contributed by atoms with Crippen molar-refractivity contribution in [3.8, 4) is 0 Å². The van der Waals surface area contributed by atoms with Gasteiger partial charge in [0.25, 0.3) is 5.56 Å². The van der Waals surface area contributed by atoms with E-state index in [0.29, 0.717) is 27.9 Å². The Balaban J connectivity index is 1.71. The summed E-state index contributed by atoms with van der Waals surface area (Å²) >= 11 is 6.08. The summed E-state index contributed by atoms with van der Waals surface area (Å²) in [7, 11) is 0. The molecule has 0 radical (unpaired) electrons. The van der Waals surface area contributed by atoms with E-state index in [0.717, 1.165) is 18.4 Å². The SMILES string of the molecule is O=c1c2cc(Cl)ccc2nc(NC2CCCCC2)n1OCc1ccccc1. The number of anilines is 1. The minimum atomic E-state index is -0.253. The van der Waals surface area contributed by atoms with E-state index in [1.54, 1.807) is 18.2 Å². The van der Waals surface area contributed by atoms with E-state index in [2.05, 4.69) is 10.3 Å². The van der Waals surface area contributed by atoms with Crippen LogP contribution in [0.5, 0.6) is 0 Å². The fourth-order valence-corrected chi connectivity index (χ4v) is 3.67. The number of halogens is 1. The minimum absolute atomic E-state index is 0.253. The van der Waals surface area contributed by atoms with E-state index in [-0.39, 0.29) is 12.2 Å². The maximum atomic E-state index is 13.1. The third-order valence-corrected chi connectivity index (χ3v) is 5.17. The molecule has 0 unspecified atom stereocenters. The molecule has 1 aliphatic carbocycles. The summed E-state index contributed by atoms with van der Waals surface area (Å²) in [6.07, 6.45) is 5.80. The van der Waals surface area contributed by atoms with Crippen LogP contribution in [0.3, 0.4) is 0 Å². The lowest BCUT2D eigenvalue weighted by molar-refractivity contribution is 0.0923. The van der Waals surface area contributed by atoms with Gasteiger partial charge in [0.1, 0.15) is 6.61 Å². The third kappa shape index (κ3) is 4.08. The Kier molecular flexibility index (Phi) is 5.30. The van der Waals surface area contributed by atoms with Crippen LogP contribution in [0.25, 0.3) is 10.9 Å². The molecular formula is C21H22ClN3O2. The second kappa shape index (κ2) is 8.01. The van der Waals surface area contributed by atoms with Crippen LogP contribution in [0.2, 0.25) is 5.02 Å². The summed E-state index contributed by atoms with van der Waals surface area (Å²) in [5, 5.41) is 4.38. The summed E-state index contributed by atoms with van der Waals surface area (Å²) in [6, 6.07) is 15.2. The Bertz CT molecular complexity index is 982. The molecule has 1 saturated carbocycles. The molecule has 4 rings (SSSR count). The number of rotatable bonds is 5. The summed E-state index contributed by atoms with van der Waals surface area (Å²) < 4.78 is 1.28. The van der Waals surface area contributed by atoms with E-state index >= 15 is 0 Å². The molecule has 2 aromatic carbocycles. The molecule has 0 aliphatic heterocycles. The highest BCUT2D eigenvalue weighted by molar-refractivity contribution is 6.31. The summed E-state index contributed by atoms with van der Waals surface area (Å²) in [5.41, 5.74) is 1.35. The standard InChI is InChI=1S/C21H22ClN3O2/c22-16-11-12-19-18(13-16)20(26)25(27-14-15-7-3-1-4-8-15)21(24-19)23-17-9-5-2-6-10-17/h1,3-4,7-8,11-13,17H,2,5-6,9-10,14H2,(H,23,24). The predicted molar refractivity (Wildman–Crippen MR) is 108 cm³/mol. The summed E-state index contributed by atoms with van der Waals surface area (Å²) in [4.78, 5) is 23.6. The second-order valence-corrected chi connectivity index (χ2v) is 7.37. The van der Waals surface area contributed by atoms with Crippen LogP contribution in [0.4, 0.5) is 5.95 Å². The molecule has 140 valence electrons. The molecule has 6 heteroatoms. The zero-order valence-corrected chi connectivity index (χ0v) is 15.8. The molecular weight excluding hydrogens is 362 g/mol. The molecule has 3 aromatic rings. The fourth-order valence-electron chi connectivity index (χ4n) is 3.50. The maximum Gasteiger partial charge on any atom is 0.295 e. The Morgan fingerprint density at radius 2 is 1.89 bits per heavy atom. The molecule has 27 heavy (non-hydrogen) atoms. The molecule has 1 N–H and O–H groups in total. The number of nitrogens with one attached hydrogen (secondary N) is 1. The van der Waals surface area contributed by atoms with Crippen LogP contribution < -0.4 is 15.7 Å². The molecule has 1 aliphatic rings. The number of fused-ring (bicyclic) bond motifs is 1. The molecule has 0 spiro atoms. The van der Waals surface area contributed by atoms with Crippen LogP contribution >= 0.6 is 11.6 Å². The number of nitrogens with zero attached hydrogens (tertiary/aromatic N) is 2. The summed E-state index contributed by atoms with van der Waals surface area (Å²) in [5.74, 6) is 0.456. The average molecular weight is 384 g/mol. The van der Waals surface area contributed by atoms with E-state index in [1.165, 1.54) is 24.0 Å². The number of benzene rings is 2. The first-order valence-corrected chi connectivity index (χ1v) is 9.74. The molecule has 0 saturated heterocycles. The smallest absolute Gasteiger partial charge is 0.295 e. The van der Waals surface area contributed by atoms with Gasteiger partial charge < -0.3 is 10.2 Å².